The standard InChI is InChI=1S/C14H20N2O3S/c1-16(10-11-6-4-3-5-7-11)14(19)15-12(13(17)18)8-9-20-2/h3-7,12H,8-10H2,1-2H3,(H,15,19)(H,17,18). The molecule has 6 heteroatoms. The molecule has 0 saturated heterocycles. The molecule has 5 nitrogen and oxygen atoms in total. The van der Waals surface area contributed by atoms with Crippen LogP contribution >= 0.6 is 11.8 Å². The lowest BCUT2D eigenvalue weighted by molar-refractivity contribution is -0.139. The summed E-state index contributed by atoms with van der Waals surface area (Å²) in [6.45, 7) is 0.446. The highest BCUT2D eigenvalue weighted by atomic mass is 32.2. The summed E-state index contributed by atoms with van der Waals surface area (Å²) in [6.07, 6.45) is 2.32. The molecule has 1 aromatic rings. The van der Waals surface area contributed by atoms with Crippen molar-refractivity contribution in [1.82, 2.24) is 10.2 Å². The molecule has 1 rings (SSSR count). The molecule has 1 aromatic carbocycles. The van der Waals surface area contributed by atoms with Gasteiger partial charge in [0.05, 0.1) is 0 Å². The zero-order valence-electron chi connectivity index (χ0n) is 11.7. The van der Waals surface area contributed by atoms with Crippen LogP contribution < -0.4 is 5.32 Å². The van der Waals surface area contributed by atoms with E-state index >= 15 is 0 Å². The van der Waals surface area contributed by atoms with Gasteiger partial charge >= 0.3 is 12.0 Å². The highest BCUT2D eigenvalue weighted by molar-refractivity contribution is 7.98. The molecule has 0 fully saturated rings. The Balaban J connectivity index is 2.53. The lowest BCUT2D eigenvalue weighted by Crippen LogP contribution is -2.46. The molecule has 0 aliphatic rings. The number of hydrogen-bond donors (Lipinski definition) is 2. The molecule has 20 heavy (non-hydrogen) atoms. The fourth-order valence-corrected chi connectivity index (χ4v) is 2.15. The first-order valence-corrected chi connectivity index (χ1v) is 7.71. The van der Waals surface area contributed by atoms with E-state index in [1.807, 2.05) is 36.6 Å². The smallest absolute Gasteiger partial charge is 0.326 e. The molecule has 1 unspecified atom stereocenters. The number of carbonyl (C=O) groups excluding carboxylic acids is 1. The van der Waals surface area contributed by atoms with Crippen molar-refractivity contribution in [3.05, 3.63) is 35.9 Å². The first kappa shape index (κ1) is 16.4. The van der Waals surface area contributed by atoms with E-state index in [4.69, 9.17) is 5.11 Å². The van der Waals surface area contributed by atoms with E-state index in [9.17, 15) is 9.59 Å². The normalized spacial score (nSPS) is 11.7. The van der Waals surface area contributed by atoms with E-state index in [-0.39, 0.29) is 6.03 Å². The van der Waals surface area contributed by atoms with Crippen LogP contribution in [0, 0.1) is 0 Å². The van der Waals surface area contributed by atoms with Crippen LogP contribution in [0.5, 0.6) is 0 Å². The fraction of sp³-hybridized carbons (Fsp3) is 0.429. The van der Waals surface area contributed by atoms with Crippen molar-refractivity contribution in [1.29, 1.82) is 0 Å². The Morgan fingerprint density at radius 2 is 2.00 bits per heavy atom. The molecule has 0 radical (unpaired) electrons. The van der Waals surface area contributed by atoms with Crippen LogP contribution in [-0.4, -0.2) is 47.1 Å². The molecular weight excluding hydrogens is 276 g/mol. The summed E-state index contributed by atoms with van der Waals surface area (Å²) in [7, 11) is 1.65. The molecule has 2 amide bonds. The molecule has 110 valence electrons. The summed E-state index contributed by atoms with van der Waals surface area (Å²) in [4.78, 5) is 24.5. The van der Waals surface area contributed by atoms with Gasteiger partial charge in [0.25, 0.3) is 0 Å². The summed E-state index contributed by atoms with van der Waals surface area (Å²) in [5.41, 5.74) is 1.00. The minimum atomic E-state index is -1.000. The highest BCUT2D eigenvalue weighted by Gasteiger charge is 2.21. The van der Waals surface area contributed by atoms with E-state index in [1.165, 1.54) is 4.90 Å². The highest BCUT2D eigenvalue weighted by Crippen LogP contribution is 2.05. The van der Waals surface area contributed by atoms with E-state index < -0.39 is 12.0 Å². The van der Waals surface area contributed by atoms with E-state index in [0.29, 0.717) is 18.7 Å². The summed E-state index contributed by atoms with van der Waals surface area (Å²) < 4.78 is 0. The van der Waals surface area contributed by atoms with Crippen molar-refractivity contribution in [2.45, 2.75) is 19.0 Å². The molecule has 0 aliphatic carbocycles. The van der Waals surface area contributed by atoms with Gasteiger partial charge in [-0.15, -0.1) is 0 Å². The molecule has 0 saturated carbocycles. The molecule has 0 heterocycles. The van der Waals surface area contributed by atoms with Gasteiger partial charge in [-0.1, -0.05) is 30.3 Å². The number of nitrogens with zero attached hydrogens (tertiary/aromatic N) is 1. The Labute approximate surface area is 123 Å². The Hall–Kier alpha value is -1.69. The van der Waals surface area contributed by atoms with Crippen LogP contribution in [0.25, 0.3) is 0 Å². The van der Waals surface area contributed by atoms with Crippen molar-refractivity contribution in [2.24, 2.45) is 0 Å². The van der Waals surface area contributed by atoms with Crippen LogP contribution in [0.2, 0.25) is 0 Å². The van der Waals surface area contributed by atoms with Gasteiger partial charge in [-0.25, -0.2) is 9.59 Å². The Morgan fingerprint density at radius 3 is 2.55 bits per heavy atom. The van der Waals surface area contributed by atoms with Crippen molar-refractivity contribution >= 4 is 23.8 Å². The number of aliphatic carboxylic acids is 1. The minimum Gasteiger partial charge on any atom is -0.480 e. The number of rotatable bonds is 7. The fourth-order valence-electron chi connectivity index (χ4n) is 1.68. The predicted molar refractivity (Wildman–Crippen MR) is 80.9 cm³/mol. The van der Waals surface area contributed by atoms with Crippen LogP contribution in [0.1, 0.15) is 12.0 Å². The van der Waals surface area contributed by atoms with Gasteiger partial charge in [-0.2, -0.15) is 11.8 Å². The number of nitrogens with one attached hydrogen (secondary N) is 1. The number of carbonyl (C=O) groups is 2. The van der Waals surface area contributed by atoms with E-state index in [1.54, 1.807) is 18.8 Å². The number of thioether (sulfide) groups is 1. The first-order chi connectivity index (χ1) is 9.54. The molecule has 0 aromatic heterocycles. The Kier molecular flexibility index (Phi) is 6.93. The number of amides is 2. The molecular formula is C14H20N2O3S. The molecule has 0 spiro atoms. The quantitative estimate of drug-likeness (QED) is 0.808. The van der Waals surface area contributed by atoms with Gasteiger partial charge in [-0.3, -0.25) is 0 Å². The van der Waals surface area contributed by atoms with Crippen molar-refractivity contribution in [3.63, 3.8) is 0 Å². The first-order valence-electron chi connectivity index (χ1n) is 6.32. The summed E-state index contributed by atoms with van der Waals surface area (Å²) >= 11 is 1.56. The van der Waals surface area contributed by atoms with Crippen LogP contribution in [0.15, 0.2) is 30.3 Å². The molecule has 2 N–H and O–H groups in total. The van der Waals surface area contributed by atoms with Gasteiger partial charge < -0.3 is 15.3 Å². The van der Waals surface area contributed by atoms with Crippen LogP contribution in [0.4, 0.5) is 4.79 Å². The Bertz CT molecular complexity index is 439. The third kappa shape index (κ3) is 5.52. The maximum absolute atomic E-state index is 12.0. The minimum absolute atomic E-state index is 0.373. The summed E-state index contributed by atoms with van der Waals surface area (Å²) in [6, 6.07) is 8.35. The molecule has 0 aliphatic heterocycles. The SMILES string of the molecule is CSCCC(NC(=O)N(C)Cc1ccccc1)C(=O)O. The third-order valence-corrected chi connectivity index (χ3v) is 3.46. The van der Waals surface area contributed by atoms with Crippen LogP contribution in [0.3, 0.4) is 0 Å². The Morgan fingerprint density at radius 1 is 1.35 bits per heavy atom. The van der Waals surface area contributed by atoms with Crippen molar-refractivity contribution in [3.8, 4) is 0 Å². The number of urea groups is 1. The number of carboxylic acids is 1. The predicted octanol–water partition coefficient (Wildman–Crippen LogP) is 2.03. The maximum atomic E-state index is 12.0. The average Bonchev–Trinajstić information content (AvgIpc) is 2.43. The van der Waals surface area contributed by atoms with Gasteiger partial charge in [0.2, 0.25) is 0 Å². The summed E-state index contributed by atoms with van der Waals surface area (Å²) in [5, 5.41) is 11.6. The monoisotopic (exact) mass is 296 g/mol. The third-order valence-electron chi connectivity index (χ3n) is 2.82. The summed E-state index contributed by atoms with van der Waals surface area (Å²) in [5.74, 6) is -0.305. The lowest BCUT2D eigenvalue weighted by Gasteiger charge is -2.21. The van der Waals surface area contributed by atoms with Gasteiger partial charge in [0.15, 0.2) is 0 Å². The number of carboxylic acid groups (broad SMARTS) is 1. The van der Waals surface area contributed by atoms with Crippen LogP contribution in [-0.2, 0) is 11.3 Å². The maximum Gasteiger partial charge on any atom is 0.326 e. The second kappa shape index (κ2) is 8.47. The van der Waals surface area contributed by atoms with Gasteiger partial charge in [0, 0.05) is 13.6 Å². The zero-order valence-corrected chi connectivity index (χ0v) is 12.5. The van der Waals surface area contributed by atoms with E-state index in [0.717, 1.165) is 5.56 Å². The number of hydrogen-bond acceptors (Lipinski definition) is 3. The lowest BCUT2D eigenvalue weighted by atomic mass is 10.2. The topological polar surface area (TPSA) is 69.6 Å². The number of benzene rings is 1. The molecule has 1 atom stereocenters. The van der Waals surface area contributed by atoms with Gasteiger partial charge in [-0.05, 0) is 24.0 Å². The molecule has 0 bridgehead atoms. The largest absolute Gasteiger partial charge is 0.480 e. The van der Waals surface area contributed by atoms with Crippen molar-refractivity contribution < 1.29 is 14.7 Å². The van der Waals surface area contributed by atoms with Gasteiger partial charge in [0.1, 0.15) is 6.04 Å². The van der Waals surface area contributed by atoms with Crippen molar-refractivity contribution in [2.75, 3.05) is 19.1 Å². The second-order valence-electron chi connectivity index (χ2n) is 4.46. The second-order valence-corrected chi connectivity index (χ2v) is 5.45. The average molecular weight is 296 g/mol. The zero-order chi connectivity index (χ0) is 15.0. The van der Waals surface area contributed by atoms with E-state index in [2.05, 4.69) is 5.32 Å².